The van der Waals surface area contributed by atoms with Crippen molar-refractivity contribution in [3.63, 3.8) is 0 Å². The lowest BCUT2D eigenvalue weighted by atomic mass is 9.98. The Balaban J connectivity index is 1.22. The highest BCUT2D eigenvalue weighted by molar-refractivity contribution is 7.92. The Bertz CT molecular complexity index is 1900. The number of anilines is 1. The fourth-order valence-electron chi connectivity index (χ4n) is 5.32. The van der Waals surface area contributed by atoms with Crippen molar-refractivity contribution in [3.8, 4) is 11.3 Å². The summed E-state index contributed by atoms with van der Waals surface area (Å²) in [5, 5.41) is 0.320. The van der Waals surface area contributed by atoms with Crippen molar-refractivity contribution in [2.24, 2.45) is 5.73 Å². The molecule has 0 saturated heterocycles. The van der Waals surface area contributed by atoms with E-state index < -0.39 is 27.5 Å². The third-order valence-corrected chi connectivity index (χ3v) is 9.07. The van der Waals surface area contributed by atoms with Crippen molar-refractivity contribution in [1.82, 2.24) is 0 Å². The number of ketones is 2. The van der Waals surface area contributed by atoms with E-state index >= 15 is 0 Å². The number of carbonyl (C=O) groups is 3. The number of furan rings is 1. The van der Waals surface area contributed by atoms with Crippen LogP contribution in [0.15, 0.2) is 65.1 Å². The van der Waals surface area contributed by atoms with Crippen LogP contribution in [0.1, 0.15) is 57.5 Å². The highest BCUT2D eigenvalue weighted by Gasteiger charge is 2.34. The molecular formula is C35H37FN2O9S. The molecule has 2 N–H and O–H groups in total. The number of nitrogens with zero attached hydrogens (tertiary/aromatic N) is 1. The third kappa shape index (κ3) is 8.53. The molecule has 1 heterocycles. The maximum atomic E-state index is 13.6. The van der Waals surface area contributed by atoms with Gasteiger partial charge in [0, 0.05) is 22.6 Å². The minimum atomic E-state index is -3.78. The molecule has 1 amide bonds. The molecule has 48 heavy (non-hydrogen) atoms. The molecule has 0 atom stereocenters. The number of benzene rings is 3. The summed E-state index contributed by atoms with van der Waals surface area (Å²) < 4.78 is 63.9. The van der Waals surface area contributed by atoms with E-state index in [0.717, 1.165) is 24.7 Å². The number of rotatable bonds is 18. The van der Waals surface area contributed by atoms with Crippen molar-refractivity contribution in [2.45, 2.75) is 32.3 Å². The molecule has 0 spiro atoms. The zero-order valence-corrected chi connectivity index (χ0v) is 27.5. The number of halogens is 1. The summed E-state index contributed by atoms with van der Waals surface area (Å²) in [6, 6.07) is 15.7. The SMILES string of the molecule is CC(=O)c1ccc(COCCOCCOCCN(c2cc3oc(-c4ccc(F)cc4)c(C(=O)C(N)=O)c3cc2C2CC2)S(C)(=O)=O)cc1. The number of Topliss-reactive ketones (excluding diaryl/α,β-unsaturated/α-hetero) is 2. The molecule has 0 bridgehead atoms. The molecule has 4 aromatic rings. The van der Waals surface area contributed by atoms with Crippen LogP contribution in [0, 0.1) is 5.82 Å². The first-order valence-corrected chi connectivity index (χ1v) is 17.3. The minimum absolute atomic E-state index is 0.00813. The number of hydrogen-bond acceptors (Lipinski definition) is 9. The first kappa shape index (κ1) is 34.9. The Morgan fingerprint density at radius 2 is 1.54 bits per heavy atom. The number of carbonyl (C=O) groups excluding carboxylic acids is 3. The smallest absolute Gasteiger partial charge is 0.289 e. The van der Waals surface area contributed by atoms with Crippen molar-refractivity contribution >= 4 is 44.2 Å². The van der Waals surface area contributed by atoms with Crippen LogP contribution in [0.25, 0.3) is 22.3 Å². The summed E-state index contributed by atoms with van der Waals surface area (Å²) in [6.07, 6.45) is 2.74. The Morgan fingerprint density at radius 3 is 2.12 bits per heavy atom. The molecule has 0 radical (unpaired) electrons. The molecule has 13 heteroatoms. The number of primary amides is 1. The second kappa shape index (κ2) is 15.2. The van der Waals surface area contributed by atoms with Gasteiger partial charge in [0.1, 0.15) is 17.2 Å². The maximum Gasteiger partial charge on any atom is 0.289 e. The fraction of sp³-hybridized carbons (Fsp3) is 0.343. The Kier molecular flexibility index (Phi) is 11.0. The monoisotopic (exact) mass is 680 g/mol. The lowest BCUT2D eigenvalue weighted by Gasteiger charge is -2.25. The van der Waals surface area contributed by atoms with Gasteiger partial charge in [-0.15, -0.1) is 0 Å². The van der Waals surface area contributed by atoms with Crippen molar-refractivity contribution in [1.29, 1.82) is 0 Å². The first-order chi connectivity index (χ1) is 22.9. The number of fused-ring (bicyclic) bond motifs is 1. The minimum Gasteiger partial charge on any atom is -0.455 e. The predicted molar refractivity (Wildman–Crippen MR) is 177 cm³/mol. The lowest BCUT2D eigenvalue weighted by Crippen LogP contribution is -2.34. The molecule has 1 aliphatic rings. The Morgan fingerprint density at radius 1 is 0.917 bits per heavy atom. The van der Waals surface area contributed by atoms with Crippen molar-refractivity contribution in [2.75, 3.05) is 50.1 Å². The standard InChI is InChI=1S/C35H37FN2O9S/c1-22(39)24-5-3-23(4-6-24)21-46-18-17-45-16-15-44-14-13-38(48(2,42)43)30-20-31-29(19-28(30)25-7-8-25)32(33(40)35(37)41)34(47-31)26-9-11-27(36)12-10-26/h3-6,9-12,19-20,25H,7-8,13-18,21H2,1-2H3,(H2,37,41). The number of nitrogens with two attached hydrogens (primary N) is 1. The summed E-state index contributed by atoms with van der Waals surface area (Å²) in [5.41, 5.74) is 8.52. The first-order valence-electron chi connectivity index (χ1n) is 15.5. The normalized spacial score (nSPS) is 13.1. The Hall–Kier alpha value is -4.43. The van der Waals surface area contributed by atoms with E-state index in [1.807, 2.05) is 12.1 Å². The van der Waals surface area contributed by atoms with Gasteiger partial charge in [-0.2, -0.15) is 0 Å². The maximum absolute atomic E-state index is 13.6. The van der Waals surface area contributed by atoms with Crippen LogP contribution in [-0.2, 0) is 35.6 Å². The van der Waals surface area contributed by atoms with Gasteiger partial charge in [-0.1, -0.05) is 24.3 Å². The number of hydrogen-bond donors (Lipinski definition) is 1. The zero-order chi connectivity index (χ0) is 34.4. The molecule has 1 fully saturated rings. The topological polar surface area (TPSA) is 155 Å². The number of ether oxygens (including phenoxy) is 3. The average molecular weight is 681 g/mol. The molecule has 0 unspecified atom stereocenters. The highest BCUT2D eigenvalue weighted by Crippen LogP contribution is 2.48. The predicted octanol–water partition coefficient (Wildman–Crippen LogP) is 5.00. The largest absolute Gasteiger partial charge is 0.455 e. The second-order valence-corrected chi connectivity index (χ2v) is 13.5. The number of amides is 1. The molecule has 3 aromatic carbocycles. The summed E-state index contributed by atoms with van der Waals surface area (Å²) in [7, 11) is -3.78. The third-order valence-electron chi connectivity index (χ3n) is 7.89. The van der Waals surface area contributed by atoms with E-state index in [9.17, 15) is 27.2 Å². The van der Waals surface area contributed by atoms with Crippen molar-refractivity contribution in [3.05, 3.63) is 88.7 Å². The molecule has 5 rings (SSSR count). The van der Waals surface area contributed by atoms with Crippen molar-refractivity contribution < 1.29 is 45.8 Å². The lowest BCUT2D eigenvalue weighted by molar-refractivity contribution is -0.114. The van der Waals surface area contributed by atoms with Crippen LogP contribution < -0.4 is 10.0 Å². The van der Waals surface area contributed by atoms with Gasteiger partial charge in [0.05, 0.1) is 63.7 Å². The van der Waals surface area contributed by atoms with E-state index in [1.54, 1.807) is 24.3 Å². The molecule has 0 aliphatic heterocycles. The van der Waals surface area contributed by atoms with Gasteiger partial charge in [-0.05, 0) is 67.1 Å². The molecule has 11 nitrogen and oxygen atoms in total. The van der Waals surface area contributed by atoms with E-state index in [-0.39, 0.29) is 55.0 Å². The van der Waals surface area contributed by atoms with Crippen LogP contribution >= 0.6 is 0 Å². The Labute approximate surface area is 277 Å². The molecule has 1 aromatic heterocycles. The van der Waals surface area contributed by atoms with E-state index in [0.29, 0.717) is 47.6 Å². The second-order valence-electron chi connectivity index (χ2n) is 11.6. The van der Waals surface area contributed by atoms with Crippen LogP contribution in [0.2, 0.25) is 0 Å². The fourth-order valence-corrected chi connectivity index (χ4v) is 6.24. The van der Waals surface area contributed by atoms with Gasteiger partial charge < -0.3 is 24.4 Å². The number of sulfonamides is 1. The van der Waals surface area contributed by atoms with Gasteiger partial charge in [-0.3, -0.25) is 18.7 Å². The average Bonchev–Trinajstić information content (AvgIpc) is 3.83. The van der Waals surface area contributed by atoms with Crippen LogP contribution in [-0.4, -0.2) is 71.7 Å². The zero-order valence-electron chi connectivity index (χ0n) is 26.7. The molecular weight excluding hydrogens is 643 g/mol. The van der Waals surface area contributed by atoms with Gasteiger partial charge >= 0.3 is 0 Å². The van der Waals surface area contributed by atoms with Gasteiger partial charge in [0.2, 0.25) is 10.0 Å². The van der Waals surface area contributed by atoms with Crippen LogP contribution in [0.3, 0.4) is 0 Å². The summed E-state index contributed by atoms with van der Waals surface area (Å²) >= 11 is 0. The van der Waals surface area contributed by atoms with Gasteiger partial charge in [0.25, 0.3) is 11.7 Å². The van der Waals surface area contributed by atoms with Crippen LogP contribution in [0.5, 0.6) is 0 Å². The van der Waals surface area contributed by atoms with Gasteiger partial charge in [0.15, 0.2) is 5.78 Å². The van der Waals surface area contributed by atoms with E-state index in [1.165, 1.54) is 35.5 Å². The molecule has 1 saturated carbocycles. The molecule has 1 aliphatic carbocycles. The summed E-state index contributed by atoms with van der Waals surface area (Å²) in [5.74, 6) is -2.55. The van der Waals surface area contributed by atoms with Gasteiger partial charge in [-0.25, -0.2) is 12.8 Å². The van der Waals surface area contributed by atoms with E-state index in [2.05, 4.69) is 0 Å². The van der Waals surface area contributed by atoms with E-state index in [4.69, 9.17) is 24.4 Å². The van der Waals surface area contributed by atoms with Crippen LogP contribution in [0.4, 0.5) is 10.1 Å². The quantitative estimate of drug-likeness (QED) is 0.0868. The summed E-state index contributed by atoms with van der Waals surface area (Å²) in [6.45, 7) is 3.22. The summed E-state index contributed by atoms with van der Waals surface area (Å²) in [4.78, 5) is 36.4. The molecule has 254 valence electrons. The highest BCUT2D eigenvalue weighted by atomic mass is 32.2.